The molecule has 2 atom stereocenters. The highest BCUT2D eigenvalue weighted by molar-refractivity contribution is 5.93. The number of para-hydroxylation sites is 2. The van der Waals surface area contributed by atoms with E-state index >= 15 is 0 Å². The largest absolute Gasteiger partial charge is 0.496 e. The van der Waals surface area contributed by atoms with Crippen LogP contribution in [0.3, 0.4) is 0 Å². The summed E-state index contributed by atoms with van der Waals surface area (Å²) in [5.74, 6) is 1.88. The van der Waals surface area contributed by atoms with Gasteiger partial charge in [0.15, 0.2) is 5.75 Å². The smallest absolute Gasteiger partial charge is 0.410 e. The van der Waals surface area contributed by atoms with Crippen LogP contribution in [-0.4, -0.2) is 72.7 Å². The van der Waals surface area contributed by atoms with Crippen LogP contribution < -0.4 is 14.4 Å². The number of carbonyl (C=O) groups excluding carboxylic acids is 2. The molecular weight excluding hydrogens is 616 g/mol. The molecule has 3 aromatic rings. The van der Waals surface area contributed by atoms with Crippen molar-refractivity contribution >= 4 is 17.7 Å². The normalized spacial score (nSPS) is 18.8. The zero-order valence-corrected chi connectivity index (χ0v) is 29.1. The lowest BCUT2D eigenvalue weighted by molar-refractivity contribution is -0.116. The Morgan fingerprint density at radius 2 is 1.67 bits per heavy atom. The number of nitrogens with zero attached hydrogens (tertiary/aromatic N) is 4. The fraction of sp³-hybridized carbons (Fsp3) is 0.425. The van der Waals surface area contributed by atoms with Gasteiger partial charge in [-0.15, -0.1) is 0 Å². The third-order valence-corrected chi connectivity index (χ3v) is 9.45. The third-order valence-electron chi connectivity index (χ3n) is 9.45. The third kappa shape index (κ3) is 9.95. The van der Waals surface area contributed by atoms with Gasteiger partial charge in [-0.05, 0) is 75.4 Å². The lowest BCUT2D eigenvalue weighted by Gasteiger charge is -2.42. The van der Waals surface area contributed by atoms with Crippen molar-refractivity contribution in [1.82, 2.24) is 14.8 Å². The molecule has 1 saturated heterocycles. The van der Waals surface area contributed by atoms with Gasteiger partial charge in [-0.2, -0.15) is 0 Å². The molecule has 3 aliphatic rings. The number of methoxy groups -OCH3 is 1. The van der Waals surface area contributed by atoms with Crippen molar-refractivity contribution in [3.05, 3.63) is 102 Å². The second kappa shape index (κ2) is 18.2. The second-order valence-electron chi connectivity index (χ2n) is 12.8. The molecule has 2 unspecified atom stereocenters. The molecule has 0 bridgehead atoms. The number of likely N-dealkylation sites (N-methyl/N-ethyl adjacent to an activating group) is 1. The molecule has 0 N–H and O–H groups in total. The van der Waals surface area contributed by atoms with Crippen LogP contribution in [0.4, 0.5) is 10.5 Å². The van der Waals surface area contributed by atoms with Gasteiger partial charge >= 0.3 is 6.09 Å². The van der Waals surface area contributed by atoms with Gasteiger partial charge in [0.1, 0.15) is 23.8 Å². The van der Waals surface area contributed by atoms with E-state index < -0.39 is 0 Å². The fourth-order valence-electron chi connectivity index (χ4n) is 6.85. The van der Waals surface area contributed by atoms with Gasteiger partial charge in [0.25, 0.3) is 0 Å². The van der Waals surface area contributed by atoms with E-state index in [1.54, 1.807) is 30.5 Å². The maximum atomic E-state index is 12.5. The average molecular weight is 667 g/mol. The number of hydrogen-bond donors (Lipinski definition) is 0. The highest BCUT2D eigenvalue weighted by atomic mass is 16.6. The van der Waals surface area contributed by atoms with Gasteiger partial charge in [-0.25, -0.2) is 4.79 Å². The lowest BCUT2D eigenvalue weighted by atomic mass is 9.88. The SMILES string of the molecule is CN(C(=O)OCC1=CCCC=C1)C1CCCCC1N1CCCC1.COc1ccccc1CN(C(C)=O)c1cnccc1Oc1ccccc1. The molecule has 1 aromatic heterocycles. The van der Waals surface area contributed by atoms with Crippen LogP contribution in [0.5, 0.6) is 17.2 Å². The van der Waals surface area contributed by atoms with Gasteiger partial charge in [0.2, 0.25) is 5.91 Å². The molecule has 9 heteroatoms. The Labute approximate surface area is 291 Å². The summed E-state index contributed by atoms with van der Waals surface area (Å²) >= 11 is 0. The van der Waals surface area contributed by atoms with E-state index in [1.807, 2.05) is 66.5 Å². The number of hydrogen-bond acceptors (Lipinski definition) is 7. The minimum Gasteiger partial charge on any atom is -0.496 e. The zero-order chi connectivity index (χ0) is 34.4. The van der Waals surface area contributed by atoms with Crippen LogP contribution in [0, 0.1) is 0 Å². The Morgan fingerprint density at radius 3 is 2.41 bits per heavy atom. The summed E-state index contributed by atoms with van der Waals surface area (Å²) in [6.07, 6.45) is 19.1. The lowest BCUT2D eigenvalue weighted by Crippen LogP contribution is -2.53. The van der Waals surface area contributed by atoms with Gasteiger partial charge in [-0.1, -0.05) is 67.5 Å². The van der Waals surface area contributed by atoms with E-state index in [2.05, 4.69) is 28.1 Å². The predicted octanol–water partition coefficient (Wildman–Crippen LogP) is 8.17. The number of anilines is 1. The molecule has 9 nitrogen and oxygen atoms in total. The summed E-state index contributed by atoms with van der Waals surface area (Å²) in [4.78, 5) is 35.1. The second-order valence-corrected chi connectivity index (χ2v) is 12.8. The Hall–Kier alpha value is -4.63. The molecular formula is C40H50N4O5. The Kier molecular flexibility index (Phi) is 13.3. The standard InChI is InChI=1S/C21H20N2O3.C19H30N2O2/c1-16(24)23(15-17-8-6-7-11-20(17)25-2)19-14-22-13-12-21(19)26-18-9-4-3-5-10-18;1-20(19(22)23-15-16-9-3-2-4-10-16)17-11-5-6-12-18(17)21-13-7-8-14-21/h3-14H,15H2,1-2H3;3,9-10,17-18H,2,4-8,11-15H2,1H3. The van der Waals surface area contributed by atoms with E-state index in [-0.39, 0.29) is 12.0 Å². The maximum Gasteiger partial charge on any atom is 0.410 e. The van der Waals surface area contributed by atoms with Crippen molar-refractivity contribution in [2.24, 2.45) is 0 Å². The zero-order valence-electron chi connectivity index (χ0n) is 29.1. The molecule has 2 fully saturated rings. The number of amides is 2. The minimum absolute atomic E-state index is 0.109. The van der Waals surface area contributed by atoms with Crippen LogP contribution in [0.25, 0.3) is 0 Å². The monoisotopic (exact) mass is 666 g/mol. The first-order valence-corrected chi connectivity index (χ1v) is 17.5. The minimum atomic E-state index is -0.166. The van der Waals surface area contributed by atoms with Crippen molar-refractivity contribution in [2.45, 2.75) is 76.9 Å². The van der Waals surface area contributed by atoms with E-state index in [0.717, 1.165) is 36.1 Å². The molecule has 49 heavy (non-hydrogen) atoms. The van der Waals surface area contributed by atoms with Crippen molar-refractivity contribution in [1.29, 1.82) is 0 Å². The first-order chi connectivity index (χ1) is 23.9. The van der Waals surface area contributed by atoms with Crippen molar-refractivity contribution in [3.63, 3.8) is 0 Å². The number of rotatable bonds is 10. The molecule has 2 aromatic carbocycles. The van der Waals surface area contributed by atoms with Gasteiger partial charge in [0, 0.05) is 37.8 Å². The number of benzene rings is 2. The Balaban J connectivity index is 0.000000192. The van der Waals surface area contributed by atoms with Crippen LogP contribution in [-0.2, 0) is 16.1 Å². The molecule has 2 heterocycles. The Bertz CT molecular complexity index is 1570. The molecule has 1 saturated carbocycles. The summed E-state index contributed by atoms with van der Waals surface area (Å²) < 4.78 is 16.9. The maximum absolute atomic E-state index is 12.5. The summed E-state index contributed by atoms with van der Waals surface area (Å²) in [5.41, 5.74) is 2.63. The van der Waals surface area contributed by atoms with Crippen molar-refractivity contribution in [2.75, 3.05) is 38.8 Å². The molecule has 0 spiro atoms. The quantitative estimate of drug-likeness (QED) is 0.216. The number of pyridine rings is 1. The number of likely N-dealkylation sites (tertiary alicyclic amines) is 1. The summed E-state index contributed by atoms with van der Waals surface area (Å²) in [6, 6.07) is 19.6. The highest BCUT2D eigenvalue weighted by Gasteiger charge is 2.36. The average Bonchev–Trinajstić information content (AvgIpc) is 3.69. The van der Waals surface area contributed by atoms with Crippen LogP contribution in [0.15, 0.2) is 96.9 Å². The van der Waals surface area contributed by atoms with Gasteiger partial charge < -0.3 is 24.0 Å². The van der Waals surface area contributed by atoms with Crippen LogP contribution in [0.2, 0.25) is 0 Å². The summed E-state index contributed by atoms with van der Waals surface area (Å²) in [7, 11) is 3.54. The predicted molar refractivity (Wildman–Crippen MR) is 193 cm³/mol. The molecule has 0 radical (unpaired) electrons. The fourth-order valence-corrected chi connectivity index (χ4v) is 6.85. The molecule has 260 valence electrons. The topological polar surface area (TPSA) is 84.4 Å². The Morgan fingerprint density at radius 1 is 0.918 bits per heavy atom. The first-order valence-electron chi connectivity index (χ1n) is 17.5. The van der Waals surface area contributed by atoms with Gasteiger partial charge in [-0.3, -0.25) is 14.7 Å². The van der Waals surface area contributed by atoms with Gasteiger partial charge in [0.05, 0.1) is 25.9 Å². The summed E-state index contributed by atoms with van der Waals surface area (Å²) in [6.45, 7) is 4.68. The number of carbonyl (C=O) groups is 2. The van der Waals surface area contributed by atoms with Crippen molar-refractivity contribution in [3.8, 4) is 17.2 Å². The number of ether oxygens (including phenoxy) is 3. The van der Waals surface area contributed by atoms with E-state index in [9.17, 15) is 9.59 Å². The first kappa shape index (κ1) is 35.7. The molecule has 6 rings (SSSR count). The molecule has 2 aliphatic carbocycles. The summed E-state index contributed by atoms with van der Waals surface area (Å²) in [5, 5.41) is 0. The van der Waals surface area contributed by atoms with E-state index in [4.69, 9.17) is 14.2 Å². The van der Waals surface area contributed by atoms with Crippen LogP contribution >= 0.6 is 0 Å². The van der Waals surface area contributed by atoms with Crippen LogP contribution in [0.1, 0.15) is 63.9 Å². The van der Waals surface area contributed by atoms with E-state index in [1.165, 1.54) is 52.1 Å². The number of aromatic nitrogens is 1. The molecule has 1 aliphatic heterocycles. The number of allylic oxidation sites excluding steroid dienone is 2. The van der Waals surface area contributed by atoms with Crippen molar-refractivity contribution < 1.29 is 23.8 Å². The highest BCUT2D eigenvalue weighted by Crippen LogP contribution is 2.34. The molecule has 2 amide bonds. The van der Waals surface area contributed by atoms with E-state index in [0.29, 0.717) is 42.4 Å².